The minimum Gasteiger partial charge on any atom is -0.368 e. The highest BCUT2D eigenvalue weighted by Gasteiger charge is 2.34. The molecule has 1 unspecified atom stereocenters. The smallest absolute Gasteiger partial charge is 0.253 e. The molecule has 2 aliphatic rings. The Bertz CT molecular complexity index is 822. The third-order valence-electron chi connectivity index (χ3n) is 5.55. The lowest BCUT2D eigenvalue weighted by Gasteiger charge is -2.35. The van der Waals surface area contributed by atoms with E-state index in [1.165, 1.54) is 16.4 Å². The van der Waals surface area contributed by atoms with Crippen LogP contribution in [0.1, 0.15) is 37.0 Å². The Morgan fingerprint density at radius 2 is 1.69 bits per heavy atom. The van der Waals surface area contributed by atoms with Crippen molar-refractivity contribution in [3.63, 3.8) is 0 Å². The van der Waals surface area contributed by atoms with Crippen LogP contribution in [0.15, 0.2) is 29.2 Å². The summed E-state index contributed by atoms with van der Waals surface area (Å²) in [7, 11) is -3.66. The van der Waals surface area contributed by atoms with Gasteiger partial charge >= 0.3 is 0 Å². The average Bonchev–Trinajstić information content (AvgIpc) is 3.29. The summed E-state index contributed by atoms with van der Waals surface area (Å²) in [6.07, 6.45) is 1.24. The lowest BCUT2D eigenvalue weighted by molar-refractivity contribution is -0.142. The van der Waals surface area contributed by atoms with Gasteiger partial charge in [0.2, 0.25) is 10.0 Å². The number of nitrogens with zero attached hydrogens (tertiary/aromatic N) is 3. The second kappa shape index (κ2) is 9.23. The number of hydrogen-bond donors (Lipinski definition) is 0. The predicted molar refractivity (Wildman–Crippen MR) is 108 cm³/mol. The van der Waals surface area contributed by atoms with E-state index in [1.807, 2.05) is 13.8 Å². The first-order valence-corrected chi connectivity index (χ1v) is 11.6. The van der Waals surface area contributed by atoms with Gasteiger partial charge in [-0.3, -0.25) is 9.59 Å². The molecule has 0 spiro atoms. The number of benzene rings is 1. The summed E-state index contributed by atoms with van der Waals surface area (Å²) in [4.78, 5) is 28.4. The molecule has 29 heavy (non-hydrogen) atoms. The highest BCUT2D eigenvalue weighted by molar-refractivity contribution is 7.89. The van der Waals surface area contributed by atoms with E-state index < -0.39 is 10.0 Å². The Kier molecular flexibility index (Phi) is 6.92. The van der Waals surface area contributed by atoms with E-state index in [0.717, 1.165) is 12.8 Å². The number of amides is 2. The van der Waals surface area contributed by atoms with Crippen LogP contribution in [0.25, 0.3) is 0 Å². The molecule has 160 valence electrons. The molecular weight excluding hydrogens is 394 g/mol. The number of hydrogen-bond acceptors (Lipinski definition) is 5. The molecule has 2 amide bonds. The lowest BCUT2D eigenvalue weighted by Crippen LogP contribution is -2.52. The van der Waals surface area contributed by atoms with Gasteiger partial charge in [0, 0.05) is 51.4 Å². The molecule has 0 saturated carbocycles. The summed E-state index contributed by atoms with van der Waals surface area (Å²) >= 11 is 0. The molecular formula is C20H29N3O5S. The van der Waals surface area contributed by atoms with Gasteiger partial charge in [0.1, 0.15) is 6.10 Å². The fraction of sp³-hybridized carbons (Fsp3) is 0.600. The Morgan fingerprint density at radius 3 is 2.21 bits per heavy atom. The van der Waals surface area contributed by atoms with E-state index in [0.29, 0.717) is 38.3 Å². The molecule has 0 bridgehead atoms. The van der Waals surface area contributed by atoms with Gasteiger partial charge in [-0.1, -0.05) is 0 Å². The molecule has 8 nitrogen and oxygen atoms in total. The maximum Gasteiger partial charge on any atom is 0.253 e. The van der Waals surface area contributed by atoms with Crippen LogP contribution in [0.5, 0.6) is 0 Å². The van der Waals surface area contributed by atoms with Crippen molar-refractivity contribution in [1.29, 1.82) is 0 Å². The van der Waals surface area contributed by atoms with Crippen LogP contribution in [-0.2, 0) is 19.6 Å². The summed E-state index contributed by atoms with van der Waals surface area (Å²) < 4.78 is 32.7. The first-order chi connectivity index (χ1) is 13.9. The molecule has 2 fully saturated rings. The number of sulfonamides is 1. The van der Waals surface area contributed by atoms with Crippen LogP contribution >= 0.6 is 0 Å². The van der Waals surface area contributed by atoms with Gasteiger partial charge in [0.05, 0.1) is 4.90 Å². The van der Waals surface area contributed by atoms with E-state index in [-0.39, 0.29) is 35.9 Å². The van der Waals surface area contributed by atoms with E-state index >= 15 is 0 Å². The Morgan fingerprint density at radius 1 is 1.07 bits per heavy atom. The number of carbonyl (C=O) groups excluding carboxylic acids is 2. The molecule has 3 rings (SSSR count). The zero-order valence-corrected chi connectivity index (χ0v) is 17.9. The Balaban J connectivity index is 1.64. The molecule has 2 saturated heterocycles. The summed E-state index contributed by atoms with van der Waals surface area (Å²) in [6.45, 7) is 6.84. The molecule has 0 aromatic heterocycles. The minimum absolute atomic E-state index is 0.0428. The standard InChI is InChI=1S/C20H29N3O5S/c1-3-21(4-2)19(24)16-7-9-17(10-8-16)29(26,27)23-13-11-22(12-14-23)20(25)18-6-5-15-28-18/h7-10,18H,3-6,11-15H2,1-2H3. The number of rotatable bonds is 6. The quantitative estimate of drug-likeness (QED) is 0.686. The summed E-state index contributed by atoms with van der Waals surface area (Å²) in [5.41, 5.74) is 0.472. The summed E-state index contributed by atoms with van der Waals surface area (Å²) in [5, 5.41) is 0. The molecule has 1 aromatic rings. The van der Waals surface area contributed by atoms with Crippen LogP contribution in [0.3, 0.4) is 0 Å². The molecule has 0 N–H and O–H groups in total. The van der Waals surface area contributed by atoms with Gasteiger partial charge in [0.15, 0.2) is 0 Å². The zero-order valence-electron chi connectivity index (χ0n) is 17.0. The van der Waals surface area contributed by atoms with Crippen LogP contribution in [-0.4, -0.2) is 86.3 Å². The fourth-order valence-electron chi connectivity index (χ4n) is 3.74. The first-order valence-electron chi connectivity index (χ1n) is 10.2. The highest BCUT2D eigenvalue weighted by Crippen LogP contribution is 2.21. The molecule has 2 aliphatic heterocycles. The van der Waals surface area contributed by atoms with Crippen molar-refractivity contribution in [2.24, 2.45) is 0 Å². The zero-order chi connectivity index (χ0) is 21.0. The average molecular weight is 424 g/mol. The number of piperazine rings is 1. The molecule has 1 aromatic carbocycles. The number of ether oxygens (including phenoxy) is 1. The van der Waals surface area contributed by atoms with Gasteiger partial charge in [-0.15, -0.1) is 0 Å². The second-order valence-electron chi connectivity index (χ2n) is 7.23. The number of carbonyl (C=O) groups is 2. The molecule has 0 radical (unpaired) electrons. The van der Waals surface area contributed by atoms with Crippen LogP contribution in [0, 0.1) is 0 Å². The van der Waals surface area contributed by atoms with Crippen molar-refractivity contribution in [2.75, 3.05) is 45.9 Å². The normalized spacial score (nSPS) is 20.6. The molecule has 2 heterocycles. The minimum atomic E-state index is -3.66. The predicted octanol–water partition coefficient (Wildman–Crippen LogP) is 1.18. The molecule has 9 heteroatoms. The summed E-state index contributed by atoms with van der Waals surface area (Å²) in [5.74, 6) is -0.154. The van der Waals surface area contributed by atoms with Gasteiger partial charge < -0.3 is 14.5 Å². The van der Waals surface area contributed by atoms with Gasteiger partial charge in [-0.25, -0.2) is 8.42 Å². The van der Waals surface area contributed by atoms with E-state index in [2.05, 4.69) is 0 Å². The first kappa shape index (κ1) is 21.7. The van der Waals surface area contributed by atoms with Crippen LogP contribution in [0.2, 0.25) is 0 Å². The van der Waals surface area contributed by atoms with Gasteiger partial charge in [-0.05, 0) is 51.0 Å². The monoisotopic (exact) mass is 423 g/mol. The molecule has 0 aliphatic carbocycles. The topological polar surface area (TPSA) is 87.2 Å². The maximum atomic E-state index is 12.9. The van der Waals surface area contributed by atoms with Crippen molar-refractivity contribution in [1.82, 2.24) is 14.1 Å². The van der Waals surface area contributed by atoms with Gasteiger partial charge in [0.25, 0.3) is 11.8 Å². The summed E-state index contributed by atoms with van der Waals surface area (Å²) in [6, 6.07) is 6.08. The maximum absolute atomic E-state index is 12.9. The van der Waals surface area contributed by atoms with Crippen molar-refractivity contribution >= 4 is 21.8 Å². The van der Waals surface area contributed by atoms with Crippen LogP contribution < -0.4 is 0 Å². The van der Waals surface area contributed by atoms with Crippen molar-refractivity contribution in [3.05, 3.63) is 29.8 Å². The van der Waals surface area contributed by atoms with E-state index in [9.17, 15) is 18.0 Å². The fourth-order valence-corrected chi connectivity index (χ4v) is 5.16. The third kappa shape index (κ3) is 4.62. The highest BCUT2D eigenvalue weighted by atomic mass is 32.2. The molecule has 1 atom stereocenters. The van der Waals surface area contributed by atoms with E-state index in [1.54, 1.807) is 21.9 Å². The largest absolute Gasteiger partial charge is 0.368 e. The second-order valence-corrected chi connectivity index (χ2v) is 9.17. The van der Waals surface area contributed by atoms with Gasteiger partial charge in [-0.2, -0.15) is 4.31 Å². The Hall–Kier alpha value is -1.97. The van der Waals surface area contributed by atoms with Crippen LogP contribution in [0.4, 0.5) is 0 Å². The van der Waals surface area contributed by atoms with Crippen molar-refractivity contribution in [2.45, 2.75) is 37.7 Å². The van der Waals surface area contributed by atoms with E-state index in [4.69, 9.17) is 4.74 Å². The SMILES string of the molecule is CCN(CC)C(=O)c1ccc(S(=O)(=O)N2CCN(C(=O)C3CCCO3)CC2)cc1. The van der Waals surface area contributed by atoms with Crippen molar-refractivity contribution < 1.29 is 22.7 Å². The van der Waals surface area contributed by atoms with Crippen molar-refractivity contribution in [3.8, 4) is 0 Å². The third-order valence-corrected chi connectivity index (χ3v) is 7.46. The lowest BCUT2D eigenvalue weighted by atomic mass is 10.2. The Labute approximate surface area is 172 Å².